The number of aliphatic hydroxyl groups is 1. The molecule has 3 N–H and O–H groups in total. The van der Waals surface area contributed by atoms with Gasteiger partial charge in [0, 0.05) is 12.4 Å². The normalized spacial score (nSPS) is 13.5. The molecule has 0 aromatic carbocycles. The van der Waals surface area contributed by atoms with Crippen molar-refractivity contribution in [3.63, 3.8) is 0 Å². The topological polar surface area (TPSA) is 135 Å². The SMILES string of the molecule is O=C([O-])CC(C(=O)O)[C@@H](O)C(=O)O.[K+]. The van der Waals surface area contributed by atoms with Crippen molar-refractivity contribution in [2.24, 2.45) is 5.92 Å². The second-order valence-corrected chi connectivity index (χ2v) is 2.30. The third kappa shape index (κ3) is 5.68. The van der Waals surface area contributed by atoms with Gasteiger partial charge in [0.1, 0.15) is 0 Å². The van der Waals surface area contributed by atoms with Crippen molar-refractivity contribution < 1.29 is 86.2 Å². The van der Waals surface area contributed by atoms with Crippen molar-refractivity contribution in [3.05, 3.63) is 0 Å². The fraction of sp³-hybridized carbons (Fsp3) is 0.500. The Hall–Kier alpha value is 0.00636. The zero-order chi connectivity index (χ0) is 10.6. The Morgan fingerprint density at radius 3 is 1.79 bits per heavy atom. The molecule has 0 saturated carbocycles. The Kier molecular flexibility index (Phi) is 8.59. The fourth-order valence-corrected chi connectivity index (χ4v) is 0.686. The molecule has 0 heterocycles. The van der Waals surface area contributed by atoms with E-state index in [1.165, 1.54) is 0 Å². The minimum atomic E-state index is -2.24. The van der Waals surface area contributed by atoms with Crippen LogP contribution in [0.4, 0.5) is 0 Å². The van der Waals surface area contributed by atoms with E-state index in [-0.39, 0.29) is 51.4 Å². The molecule has 0 aliphatic rings. The van der Waals surface area contributed by atoms with Crippen LogP contribution in [0.15, 0.2) is 0 Å². The Morgan fingerprint density at radius 1 is 1.14 bits per heavy atom. The number of aliphatic carboxylic acids is 3. The van der Waals surface area contributed by atoms with Crippen LogP contribution in [0.5, 0.6) is 0 Å². The molecule has 0 spiro atoms. The molecule has 0 fully saturated rings. The number of carbonyl (C=O) groups excluding carboxylic acids is 1. The predicted molar refractivity (Wildman–Crippen MR) is 34.4 cm³/mol. The number of hydrogen-bond acceptors (Lipinski definition) is 5. The van der Waals surface area contributed by atoms with E-state index in [1.54, 1.807) is 0 Å². The predicted octanol–water partition coefficient (Wildman–Crippen LogP) is -5.72. The van der Waals surface area contributed by atoms with Gasteiger partial charge in [0.05, 0.1) is 5.92 Å². The molecule has 0 aliphatic heterocycles. The average molecular weight is 230 g/mol. The van der Waals surface area contributed by atoms with E-state index in [0.29, 0.717) is 0 Å². The summed E-state index contributed by atoms with van der Waals surface area (Å²) in [4.78, 5) is 30.3. The standard InChI is InChI=1S/C6H8O7.K/c7-3(8)1-2(5(10)11)4(9)6(12)13;/h2,4,9H,1H2,(H,7,8)(H,10,11)(H,12,13);/q;+1/p-1/t2?,4-;/m1./s1. The number of rotatable bonds is 5. The van der Waals surface area contributed by atoms with Crippen molar-refractivity contribution in [1.82, 2.24) is 0 Å². The maximum Gasteiger partial charge on any atom is 1.00 e. The maximum atomic E-state index is 10.3. The fourth-order valence-electron chi connectivity index (χ4n) is 0.686. The van der Waals surface area contributed by atoms with Crippen LogP contribution in [-0.2, 0) is 14.4 Å². The Balaban J connectivity index is 0. The summed E-state index contributed by atoms with van der Waals surface area (Å²) in [6, 6.07) is 0. The smallest absolute Gasteiger partial charge is 0.550 e. The first-order valence-electron chi connectivity index (χ1n) is 3.19. The summed E-state index contributed by atoms with van der Waals surface area (Å²) >= 11 is 0. The van der Waals surface area contributed by atoms with E-state index >= 15 is 0 Å². The minimum Gasteiger partial charge on any atom is -0.550 e. The van der Waals surface area contributed by atoms with Gasteiger partial charge in [-0.15, -0.1) is 0 Å². The van der Waals surface area contributed by atoms with Crippen LogP contribution in [-0.4, -0.2) is 39.3 Å². The van der Waals surface area contributed by atoms with Gasteiger partial charge in [-0.25, -0.2) is 4.79 Å². The molecule has 0 bridgehead atoms. The van der Waals surface area contributed by atoms with Gasteiger partial charge in [-0.1, -0.05) is 0 Å². The zero-order valence-corrected chi connectivity index (χ0v) is 10.5. The molecule has 7 nitrogen and oxygen atoms in total. The molecule has 0 rings (SSSR count). The molecule has 0 amide bonds. The summed E-state index contributed by atoms with van der Waals surface area (Å²) in [5.74, 6) is -7.09. The molecular weight excluding hydrogens is 223 g/mol. The van der Waals surface area contributed by atoms with E-state index in [9.17, 15) is 19.5 Å². The third-order valence-corrected chi connectivity index (χ3v) is 1.34. The van der Waals surface area contributed by atoms with E-state index in [2.05, 4.69) is 0 Å². The summed E-state index contributed by atoms with van der Waals surface area (Å²) in [5.41, 5.74) is 0. The first-order valence-corrected chi connectivity index (χ1v) is 3.19. The van der Waals surface area contributed by atoms with Crippen LogP contribution in [0.2, 0.25) is 0 Å². The van der Waals surface area contributed by atoms with Crippen molar-refractivity contribution in [3.8, 4) is 0 Å². The van der Waals surface area contributed by atoms with Gasteiger partial charge in [0.15, 0.2) is 6.10 Å². The van der Waals surface area contributed by atoms with Crippen molar-refractivity contribution in [1.29, 1.82) is 0 Å². The first kappa shape index (κ1) is 16.4. The molecule has 14 heavy (non-hydrogen) atoms. The van der Waals surface area contributed by atoms with Crippen LogP contribution >= 0.6 is 0 Å². The van der Waals surface area contributed by atoms with Crippen LogP contribution in [0, 0.1) is 5.92 Å². The van der Waals surface area contributed by atoms with Gasteiger partial charge in [-0.05, 0) is 0 Å². The summed E-state index contributed by atoms with van der Waals surface area (Å²) in [6.45, 7) is 0. The second-order valence-electron chi connectivity index (χ2n) is 2.30. The summed E-state index contributed by atoms with van der Waals surface area (Å²) in [5, 5.41) is 35.2. The van der Waals surface area contributed by atoms with Crippen LogP contribution in [0.25, 0.3) is 0 Å². The monoisotopic (exact) mass is 230 g/mol. The molecular formula is C6H7KO7. The van der Waals surface area contributed by atoms with Crippen LogP contribution < -0.4 is 56.5 Å². The summed E-state index contributed by atoms with van der Waals surface area (Å²) in [6.07, 6.45) is -3.28. The number of hydrogen-bond donors (Lipinski definition) is 3. The van der Waals surface area contributed by atoms with Gasteiger partial charge in [0.25, 0.3) is 0 Å². The van der Waals surface area contributed by atoms with Gasteiger partial charge in [-0.3, -0.25) is 4.79 Å². The molecule has 1 unspecified atom stereocenters. The van der Waals surface area contributed by atoms with Crippen LogP contribution in [0.1, 0.15) is 6.42 Å². The largest absolute Gasteiger partial charge is 1.00 e. The molecule has 8 heteroatoms. The number of carboxylic acids is 3. The Labute approximate surface area is 121 Å². The number of carbonyl (C=O) groups is 3. The second kappa shape index (κ2) is 7.32. The average Bonchev–Trinajstić information content (AvgIpc) is 1.97. The number of carboxylic acid groups (broad SMARTS) is 3. The van der Waals surface area contributed by atoms with E-state index in [4.69, 9.17) is 15.3 Å². The molecule has 0 aromatic heterocycles. The molecule has 0 aliphatic carbocycles. The quantitative estimate of drug-likeness (QED) is 0.400. The third-order valence-electron chi connectivity index (χ3n) is 1.34. The van der Waals surface area contributed by atoms with Gasteiger partial charge in [0.2, 0.25) is 0 Å². The zero-order valence-electron chi connectivity index (χ0n) is 7.34. The van der Waals surface area contributed by atoms with Crippen LogP contribution in [0.3, 0.4) is 0 Å². The van der Waals surface area contributed by atoms with Gasteiger partial charge >= 0.3 is 63.3 Å². The van der Waals surface area contributed by atoms with E-state index in [1.807, 2.05) is 0 Å². The Morgan fingerprint density at radius 2 is 1.57 bits per heavy atom. The molecule has 0 saturated heterocycles. The number of aliphatic hydroxyl groups excluding tert-OH is 1. The van der Waals surface area contributed by atoms with E-state index in [0.717, 1.165) is 0 Å². The summed E-state index contributed by atoms with van der Waals surface area (Å²) < 4.78 is 0. The first-order chi connectivity index (χ1) is 5.86. The molecule has 2 atom stereocenters. The molecule has 0 aromatic rings. The Bertz CT molecular complexity index is 238. The van der Waals surface area contributed by atoms with Crippen molar-refractivity contribution in [2.45, 2.75) is 12.5 Å². The minimum absolute atomic E-state index is 0. The molecule has 0 radical (unpaired) electrons. The van der Waals surface area contributed by atoms with Crippen molar-refractivity contribution in [2.75, 3.05) is 0 Å². The maximum absolute atomic E-state index is 10.3. The van der Waals surface area contributed by atoms with E-state index < -0.39 is 36.4 Å². The van der Waals surface area contributed by atoms with Gasteiger partial charge in [-0.2, -0.15) is 0 Å². The van der Waals surface area contributed by atoms with Gasteiger partial charge < -0.3 is 25.2 Å². The molecule has 74 valence electrons. The summed E-state index contributed by atoms with van der Waals surface area (Å²) in [7, 11) is 0. The van der Waals surface area contributed by atoms with Crippen molar-refractivity contribution >= 4 is 17.9 Å².